The first-order valence-electron chi connectivity index (χ1n) is 7.64. The highest BCUT2D eigenvalue weighted by Gasteiger charge is 2.31. The van der Waals surface area contributed by atoms with Crippen LogP contribution in [0.1, 0.15) is 18.9 Å². The molecule has 1 heterocycles. The van der Waals surface area contributed by atoms with Crippen molar-refractivity contribution in [3.63, 3.8) is 0 Å². The van der Waals surface area contributed by atoms with Gasteiger partial charge in [-0.3, -0.25) is 10.7 Å². The molecule has 2 rings (SSSR count). The molecule has 25 heavy (non-hydrogen) atoms. The lowest BCUT2D eigenvalue weighted by molar-refractivity contribution is -0.0913. The Morgan fingerprint density at radius 2 is 2.04 bits per heavy atom. The van der Waals surface area contributed by atoms with E-state index in [1.807, 2.05) is 23.7 Å². The molecule has 136 valence electrons. The third kappa shape index (κ3) is 5.25. The second-order valence-corrected chi connectivity index (χ2v) is 5.65. The van der Waals surface area contributed by atoms with Gasteiger partial charge in [-0.2, -0.15) is 13.2 Å². The van der Waals surface area contributed by atoms with Gasteiger partial charge in [-0.25, -0.2) is 4.79 Å². The zero-order valence-electron chi connectivity index (χ0n) is 13.6. The van der Waals surface area contributed by atoms with Crippen LogP contribution in [-0.2, 0) is 11.3 Å². The Balaban J connectivity index is 2.05. The van der Waals surface area contributed by atoms with Crippen molar-refractivity contribution < 1.29 is 27.9 Å². The molecule has 1 aliphatic heterocycles. The zero-order chi connectivity index (χ0) is 18.4. The average molecular weight is 356 g/mol. The number of hydroxylamine groups is 1. The van der Waals surface area contributed by atoms with Crippen molar-refractivity contribution in [2.24, 2.45) is 0 Å². The van der Waals surface area contributed by atoms with Gasteiger partial charge in [0.15, 0.2) is 0 Å². The number of alkyl halides is 3. The van der Waals surface area contributed by atoms with Gasteiger partial charge in [0, 0.05) is 24.2 Å². The molecule has 1 aliphatic rings. The van der Waals surface area contributed by atoms with Crippen LogP contribution in [0.2, 0.25) is 0 Å². The van der Waals surface area contributed by atoms with Crippen LogP contribution < -0.4 is 5.48 Å². The van der Waals surface area contributed by atoms with Crippen molar-refractivity contribution in [3.8, 4) is 0 Å². The molecule has 0 bridgehead atoms. The zero-order valence-corrected chi connectivity index (χ0v) is 13.6. The lowest BCUT2D eigenvalue weighted by atomic mass is 10.0. The summed E-state index contributed by atoms with van der Waals surface area (Å²) in [4.78, 5) is 13.5. The van der Waals surface area contributed by atoms with E-state index >= 15 is 0 Å². The summed E-state index contributed by atoms with van der Waals surface area (Å²) >= 11 is 0. The summed E-state index contributed by atoms with van der Waals surface area (Å²) in [6.45, 7) is 1.18. The Bertz CT molecular complexity index is 669. The molecule has 2 N–H and O–H groups in total. The standard InChI is InChI=1S/C17H19F3N2O3/c1-12(17(18,19)20)9-14-10-22(8-7-15(14)21-24)16(23)25-11-13-5-3-2-4-6-13/h2-6,9,21,24H,7-8,10-11H2,1H3/b12-9+. The Kier molecular flexibility index (Phi) is 6.08. The van der Waals surface area contributed by atoms with Crippen molar-refractivity contribution in [1.82, 2.24) is 10.4 Å². The predicted molar refractivity (Wildman–Crippen MR) is 84.6 cm³/mol. The number of nitrogens with zero attached hydrogens (tertiary/aromatic N) is 1. The smallest absolute Gasteiger partial charge is 0.412 e. The monoisotopic (exact) mass is 356 g/mol. The van der Waals surface area contributed by atoms with Crippen molar-refractivity contribution in [1.29, 1.82) is 0 Å². The molecule has 0 aromatic heterocycles. The summed E-state index contributed by atoms with van der Waals surface area (Å²) in [5.41, 5.74) is 2.38. The number of rotatable bonds is 4. The predicted octanol–water partition coefficient (Wildman–Crippen LogP) is 3.77. The second kappa shape index (κ2) is 8.06. The molecular formula is C17H19F3N2O3. The number of benzene rings is 1. The molecule has 0 aliphatic carbocycles. The summed E-state index contributed by atoms with van der Waals surface area (Å²) in [5.74, 6) is 0. The molecule has 0 unspecified atom stereocenters. The first kappa shape index (κ1) is 18.9. The Labute approximate surface area is 143 Å². The number of halogens is 3. The number of hydrogen-bond acceptors (Lipinski definition) is 4. The van der Waals surface area contributed by atoms with E-state index in [1.165, 1.54) is 4.90 Å². The minimum atomic E-state index is -4.47. The molecule has 0 saturated heterocycles. The van der Waals surface area contributed by atoms with Crippen molar-refractivity contribution >= 4 is 6.09 Å². The number of carbonyl (C=O) groups is 1. The van der Waals surface area contributed by atoms with Crippen LogP contribution >= 0.6 is 0 Å². The van der Waals surface area contributed by atoms with Gasteiger partial charge in [0.25, 0.3) is 0 Å². The number of hydrogen-bond donors (Lipinski definition) is 2. The molecule has 0 atom stereocenters. The molecule has 0 saturated carbocycles. The maximum atomic E-state index is 12.7. The molecule has 0 radical (unpaired) electrons. The minimum absolute atomic E-state index is 0.0794. The van der Waals surface area contributed by atoms with Gasteiger partial charge in [-0.15, -0.1) is 0 Å². The second-order valence-electron chi connectivity index (χ2n) is 5.65. The molecule has 8 heteroatoms. The van der Waals surface area contributed by atoms with Gasteiger partial charge in [-0.05, 0) is 24.1 Å². The Morgan fingerprint density at radius 1 is 1.36 bits per heavy atom. The Hall–Kier alpha value is -2.48. The highest BCUT2D eigenvalue weighted by molar-refractivity contribution is 5.68. The molecular weight excluding hydrogens is 337 g/mol. The summed E-state index contributed by atoms with van der Waals surface area (Å²) in [5, 5.41) is 9.10. The van der Waals surface area contributed by atoms with Crippen LogP contribution in [0.3, 0.4) is 0 Å². The molecule has 0 fully saturated rings. The van der Waals surface area contributed by atoms with Crippen LogP contribution in [0.25, 0.3) is 0 Å². The van der Waals surface area contributed by atoms with Gasteiger partial charge < -0.3 is 9.64 Å². The van der Waals surface area contributed by atoms with Gasteiger partial charge in [-0.1, -0.05) is 30.3 Å². The lowest BCUT2D eigenvalue weighted by Crippen LogP contribution is -2.39. The van der Waals surface area contributed by atoms with Crippen molar-refractivity contribution in [2.75, 3.05) is 13.1 Å². The lowest BCUT2D eigenvalue weighted by Gasteiger charge is -2.29. The SMILES string of the molecule is C/C(=C\C1=C(NO)CCN(C(=O)OCc2ccccc2)C1)C(F)(F)F. The fourth-order valence-electron chi connectivity index (χ4n) is 2.36. The van der Waals surface area contributed by atoms with E-state index in [-0.39, 0.29) is 37.4 Å². The van der Waals surface area contributed by atoms with Gasteiger partial charge in [0.05, 0.1) is 6.54 Å². The van der Waals surface area contributed by atoms with Crippen LogP contribution in [0.15, 0.2) is 53.3 Å². The van der Waals surface area contributed by atoms with Crippen LogP contribution in [-0.4, -0.2) is 35.5 Å². The van der Waals surface area contributed by atoms with E-state index in [1.54, 1.807) is 12.1 Å². The van der Waals surface area contributed by atoms with E-state index < -0.39 is 17.8 Å². The van der Waals surface area contributed by atoms with E-state index in [2.05, 4.69) is 0 Å². The maximum absolute atomic E-state index is 12.7. The minimum Gasteiger partial charge on any atom is -0.445 e. The number of amides is 1. The number of carbonyl (C=O) groups excluding carboxylic acids is 1. The van der Waals surface area contributed by atoms with E-state index in [9.17, 15) is 18.0 Å². The number of nitrogens with one attached hydrogen (secondary N) is 1. The average Bonchev–Trinajstić information content (AvgIpc) is 2.59. The van der Waals surface area contributed by atoms with E-state index in [0.29, 0.717) is 0 Å². The van der Waals surface area contributed by atoms with Crippen LogP contribution in [0, 0.1) is 0 Å². The largest absolute Gasteiger partial charge is 0.445 e. The maximum Gasteiger partial charge on any atom is 0.412 e. The van der Waals surface area contributed by atoms with Crippen LogP contribution in [0.4, 0.5) is 18.0 Å². The highest BCUT2D eigenvalue weighted by Crippen LogP contribution is 2.28. The van der Waals surface area contributed by atoms with Gasteiger partial charge >= 0.3 is 12.3 Å². The van der Waals surface area contributed by atoms with E-state index in [0.717, 1.165) is 18.6 Å². The normalized spacial score (nSPS) is 16.0. The summed E-state index contributed by atoms with van der Waals surface area (Å²) in [6.07, 6.45) is -3.95. The third-order valence-corrected chi connectivity index (χ3v) is 3.82. The number of allylic oxidation sites excluding steroid dienone is 1. The fraction of sp³-hybridized carbons (Fsp3) is 0.353. The summed E-state index contributed by atoms with van der Waals surface area (Å²) in [7, 11) is 0. The van der Waals surface area contributed by atoms with E-state index in [4.69, 9.17) is 9.94 Å². The Morgan fingerprint density at radius 3 is 2.64 bits per heavy atom. The first-order valence-corrected chi connectivity index (χ1v) is 7.64. The van der Waals surface area contributed by atoms with Gasteiger partial charge in [0.2, 0.25) is 0 Å². The first-order chi connectivity index (χ1) is 11.8. The van der Waals surface area contributed by atoms with Crippen molar-refractivity contribution in [3.05, 3.63) is 58.8 Å². The van der Waals surface area contributed by atoms with Gasteiger partial charge in [0.1, 0.15) is 6.61 Å². The molecule has 1 aromatic carbocycles. The molecule has 0 spiro atoms. The molecule has 5 nitrogen and oxygen atoms in total. The third-order valence-electron chi connectivity index (χ3n) is 3.82. The summed E-state index contributed by atoms with van der Waals surface area (Å²) < 4.78 is 43.4. The quantitative estimate of drug-likeness (QED) is 0.806. The topological polar surface area (TPSA) is 61.8 Å². The summed E-state index contributed by atoms with van der Waals surface area (Å²) in [6, 6.07) is 9.07. The number of ether oxygens (including phenoxy) is 1. The highest BCUT2D eigenvalue weighted by atomic mass is 19.4. The van der Waals surface area contributed by atoms with Crippen LogP contribution in [0.5, 0.6) is 0 Å². The van der Waals surface area contributed by atoms with Crippen molar-refractivity contribution in [2.45, 2.75) is 26.1 Å². The molecule has 1 amide bonds. The molecule has 1 aromatic rings. The fourth-order valence-corrected chi connectivity index (χ4v) is 2.36.